The molecule has 7 heteroatoms. The zero-order chi connectivity index (χ0) is 14.7. The molecule has 1 aromatic carbocycles. The summed E-state index contributed by atoms with van der Waals surface area (Å²) in [6.07, 6.45) is -4.74. The second-order valence-electron chi connectivity index (χ2n) is 4.48. The van der Waals surface area contributed by atoms with Crippen LogP contribution < -0.4 is 10.1 Å². The molecule has 0 aromatic heterocycles. The highest BCUT2D eigenvalue weighted by Crippen LogP contribution is 2.23. The van der Waals surface area contributed by atoms with Gasteiger partial charge in [-0.2, -0.15) is 0 Å². The second kappa shape index (κ2) is 5.48. The molecule has 0 atom stereocenters. The molecule has 0 saturated carbocycles. The molecule has 0 heterocycles. The normalized spacial score (nSPS) is 12.3. The Kier molecular flexibility index (Phi) is 4.41. The van der Waals surface area contributed by atoms with E-state index < -0.39 is 17.9 Å². The molecule has 106 valence electrons. The van der Waals surface area contributed by atoms with Crippen LogP contribution in [0.3, 0.4) is 0 Å². The standard InChI is InChI=1S/C12H14F3NO3/c1-11(2,10(17)18)16-7-8-4-3-5-9(6-8)19-12(13,14)15/h3-6,16H,7H2,1-2H3,(H,17,18). The van der Waals surface area contributed by atoms with Gasteiger partial charge in [0, 0.05) is 6.54 Å². The van der Waals surface area contributed by atoms with Crippen LogP contribution in [0.1, 0.15) is 19.4 Å². The molecule has 0 radical (unpaired) electrons. The van der Waals surface area contributed by atoms with Gasteiger partial charge in [0.2, 0.25) is 0 Å². The molecule has 1 rings (SSSR count). The lowest BCUT2D eigenvalue weighted by Gasteiger charge is -2.21. The van der Waals surface area contributed by atoms with Crippen molar-refractivity contribution >= 4 is 5.97 Å². The van der Waals surface area contributed by atoms with Crippen molar-refractivity contribution in [2.45, 2.75) is 32.3 Å². The molecule has 0 aliphatic carbocycles. The quantitative estimate of drug-likeness (QED) is 0.868. The molecule has 4 nitrogen and oxygen atoms in total. The van der Waals surface area contributed by atoms with E-state index >= 15 is 0 Å². The van der Waals surface area contributed by atoms with Gasteiger partial charge in [0.25, 0.3) is 0 Å². The maximum absolute atomic E-state index is 12.0. The number of alkyl halides is 3. The minimum atomic E-state index is -4.74. The van der Waals surface area contributed by atoms with E-state index in [1.54, 1.807) is 6.07 Å². The summed E-state index contributed by atoms with van der Waals surface area (Å²) in [4.78, 5) is 10.9. The number of hydrogen-bond acceptors (Lipinski definition) is 3. The Morgan fingerprint density at radius 3 is 2.53 bits per heavy atom. The first kappa shape index (κ1) is 15.3. The van der Waals surface area contributed by atoms with E-state index in [1.807, 2.05) is 0 Å². The summed E-state index contributed by atoms with van der Waals surface area (Å²) in [6.45, 7) is 3.05. The summed E-state index contributed by atoms with van der Waals surface area (Å²) >= 11 is 0. The number of hydrogen-bond donors (Lipinski definition) is 2. The molecular weight excluding hydrogens is 263 g/mol. The van der Waals surface area contributed by atoms with E-state index in [0.29, 0.717) is 5.56 Å². The van der Waals surface area contributed by atoms with Crippen molar-refractivity contribution in [3.63, 3.8) is 0 Å². The smallest absolute Gasteiger partial charge is 0.480 e. The lowest BCUT2D eigenvalue weighted by atomic mass is 10.1. The molecule has 0 fully saturated rings. The molecular formula is C12H14F3NO3. The van der Waals surface area contributed by atoms with Crippen molar-refractivity contribution in [1.29, 1.82) is 0 Å². The summed E-state index contributed by atoms with van der Waals surface area (Å²) < 4.78 is 39.9. The third-order valence-corrected chi connectivity index (χ3v) is 2.40. The number of rotatable bonds is 5. The molecule has 0 spiro atoms. The first-order chi connectivity index (χ1) is 8.60. The van der Waals surface area contributed by atoms with Gasteiger partial charge in [-0.15, -0.1) is 13.2 Å². The Balaban J connectivity index is 2.70. The summed E-state index contributed by atoms with van der Waals surface area (Å²) in [6, 6.07) is 5.37. The number of carboxylic acid groups (broad SMARTS) is 1. The van der Waals surface area contributed by atoms with Gasteiger partial charge in [-0.1, -0.05) is 12.1 Å². The van der Waals surface area contributed by atoms with Crippen LogP contribution in [0.25, 0.3) is 0 Å². The van der Waals surface area contributed by atoms with Gasteiger partial charge >= 0.3 is 12.3 Å². The van der Waals surface area contributed by atoms with Gasteiger partial charge in [0.1, 0.15) is 11.3 Å². The van der Waals surface area contributed by atoms with E-state index in [4.69, 9.17) is 5.11 Å². The van der Waals surface area contributed by atoms with E-state index in [1.165, 1.54) is 32.0 Å². The van der Waals surface area contributed by atoms with Crippen molar-refractivity contribution in [1.82, 2.24) is 5.32 Å². The minimum absolute atomic E-state index is 0.119. The van der Waals surface area contributed by atoms with E-state index in [0.717, 1.165) is 0 Å². The minimum Gasteiger partial charge on any atom is -0.480 e. The van der Waals surface area contributed by atoms with Crippen LogP contribution in [0, 0.1) is 0 Å². The molecule has 0 bridgehead atoms. The van der Waals surface area contributed by atoms with Crippen LogP contribution in [0.5, 0.6) is 5.75 Å². The Morgan fingerprint density at radius 2 is 2.00 bits per heavy atom. The number of benzene rings is 1. The molecule has 0 unspecified atom stereocenters. The van der Waals surface area contributed by atoms with Crippen molar-refractivity contribution in [3.05, 3.63) is 29.8 Å². The number of halogens is 3. The lowest BCUT2D eigenvalue weighted by Crippen LogP contribution is -2.46. The van der Waals surface area contributed by atoms with Crippen LogP contribution in [0.15, 0.2) is 24.3 Å². The van der Waals surface area contributed by atoms with Crippen LogP contribution >= 0.6 is 0 Å². The van der Waals surface area contributed by atoms with Crippen molar-refractivity contribution in [2.75, 3.05) is 0 Å². The Bertz CT molecular complexity index is 458. The summed E-state index contributed by atoms with van der Waals surface area (Å²) in [5, 5.41) is 11.6. The molecule has 19 heavy (non-hydrogen) atoms. The largest absolute Gasteiger partial charge is 0.573 e. The predicted molar refractivity (Wildman–Crippen MR) is 61.7 cm³/mol. The summed E-state index contributed by atoms with van der Waals surface area (Å²) in [7, 11) is 0. The molecule has 0 aliphatic rings. The molecule has 0 saturated heterocycles. The monoisotopic (exact) mass is 277 g/mol. The van der Waals surface area contributed by atoms with Gasteiger partial charge < -0.3 is 9.84 Å². The molecule has 0 amide bonds. The fourth-order valence-electron chi connectivity index (χ4n) is 1.25. The number of carbonyl (C=O) groups is 1. The highest BCUT2D eigenvalue weighted by molar-refractivity contribution is 5.77. The zero-order valence-corrected chi connectivity index (χ0v) is 10.4. The first-order valence-corrected chi connectivity index (χ1v) is 5.43. The fraction of sp³-hybridized carbons (Fsp3) is 0.417. The molecule has 2 N–H and O–H groups in total. The lowest BCUT2D eigenvalue weighted by molar-refractivity contribution is -0.274. The fourth-order valence-corrected chi connectivity index (χ4v) is 1.25. The maximum atomic E-state index is 12.0. The number of aliphatic carboxylic acids is 1. The number of nitrogens with one attached hydrogen (secondary N) is 1. The van der Waals surface area contributed by atoms with Crippen molar-refractivity contribution in [3.8, 4) is 5.75 Å². The van der Waals surface area contributed by atoms with Crippen molar-refractivity contribution in [2.24, 2.45) is 0 Å². The highest BCUT2D eigenvalue weighted by Gasteiger charge is 2.31. The highest BCUT2D eigenvalue weighted by atomic mass is 19.4. The Morgan fingerprint density at radius 1 is 1.37 bits per heavy atom. The number of ether oxygens (including phenoxy) is 1. The maximum Gasteiger partial charge on any atom is 0.573 e. The Hall–Kier alpha value is -1.76. The summed E-state index contributed by atoms with van der Waals surface area (Å²) in [5.74, 6) is -1.38. The average molecular weight is 277 g/mol. The molecule has 0 aliphatic heterocycles. The predicted octanol–water partition coefficient (Wildman–Crippen LogP) is 2.54. The second-order valence-corrected chi connectivity index (χ2v) is 4.48. The average Bonchev–Trinajstić information content (AvgIpc) is 2.24. The molecule has 1 aromatic rings. The van der Waals surface area contributed by atoms with E-state index in [2.05, 4.69) is 10.1 Å². The van der Waals surface area contributed by atoms with Crippen LogP contribution in [0.2, 0.25) is 0 Å². The van der Waals surface area contributed by atoms with Gasteiger partial charge in [0.15, 0.2) is 0 Å². The van der Waals surface area contributed by atoms with Crippen LogP contribution in [-0.2, 0) is 11.3 Å². The van der Waals surface area contributed by atoms with Gasteiger partial charge in [-0.25, -0.2) is 0 Å². The zero-order valence-electron chi connectivity index (χ0n) is 10.4. The third-order valence-electron chi connectivity index (χ3n) is 2.40. The van der Waals surface area contributed by atoms with Crippen LogP contribution in [-0.4, -0.2) is 23.0 Å². The topological polar surface area (TPSA) is 58.6 Å². The van der Waals surface area contributed by atoms with Crippen molar-refractivity contribution < 1.29 is 27.8 Å². The Labute approximate surface area is 108 Å². The third kappa shape index (κ3) is 5.17. The van der Waals surface area contributed by atoms with Gasteiger partial charge in [0.05, 0.1) is 0 Å². The van der Waals surface area contributed by atoms with E-state index in [-0.39, 0.29) is 12.3 Å². The number of carboxylic acids is 1. The van der Waals surface area contributed by atoms with E-state index in [9.17, 15) is 18.0 Å². The SMILES string of the molecule is CC(C)(NCc1cccc(OC(F)(F)F)c1)C(=O)O. The van der Waals surface area contributed by atoms with Gasteiger partial charge in [-0.3, -0.25) is 10.1 Å². The van der Waals surface area contributed by atoms with Crippen LogP contribution in [0.4, 0.5) is 13.2 Å². The summed E-state index contributed by atoms with van der Waals surface area (Å²) in [5.41, 5.74) is -0.669. The first-order valence-electron chi connectivity index (χ1n) is 5.43. The van der Waals surface area contributed by atoms with Gasteiger partial charge in [-0.05, 0) is 31.5 Å².